The van der Waals surface area contributed by atoms with Crippen molar-refractivity contribution in [3.63, 3.8) is 0 Å². The van der Waals surface area contributed by atoms with Crippen molar-refractivity contribution in [1.82, 2.24) is 5.32 Å². The first-order chi connectivity index (χ1) is 8.76. The van der Waals surface area contributed by atoms with Crippen molar-refractivity contribution in [3.8, 4) is 0 Å². The van der Waals surface area contributed by atoms with Gasteiger partial charge >= 0.3 is 0 Å². The number of nitrogens with one attached hydrogen (secondary N) is 1. The predicted molar refractivity (Wildman–Crippen MR) is 74.4 cm³/mol. The number of anilines is 1. The summed E-state index contributed by atoms with van der Waals surface area (Å²) in [7, 11) is 1.88. The van der Waals surface area contributed by atoms with Crippen LogP contribution in [0.3, 0.4) is 0 Å². The van der Waals surface area contributed by atoms with Crippen LogP contribution in [0, 0.1) is 5.82 Å². The van der Waals surface area contributed by atoms with E-state index in [1.807, 2.05) is 19.2 Å². The minimum atomic E-state index is -0.0805. The normalized spacial score (nSPS) is 20.2. The van der Waals surface area contributed by atoms with Gasteiger partial charge in [0.25, 0.3) is 0 Å². The van der Waals surface area contributed by atoms with E-state index in [0.717, 1.165) is 24.2 Å². The van der Waals surface area contributed by atoms with Gasteiger partial charge in [-0.1, -0.05) is 13.0 Å². The number of halogens is 1. The number of rotatable bonds is 4. The molecule has 0 radical (unpaired) electrons. The van der Waals surface area contributed by atoms with Crippen molar-refractivity contribution in [2.45, 2.75) is 45.2 Å². The topological polar surface area (TPSA) is 15.3 Å². The maximum Gasteiger partial charge on any atom is 0.146 e. The van der Waals surface area contributed by atoms with Crippen LogP contribution in [0.1, 0.15) is 38.2 Å². The summed E-state index contributed by atoms with van der Waals surface area (Å²) in [6.45, 7) is 3.89. The Bertz CT molecular complexity index is 392. The second-order valence-corrected chi connectivity index (χ2v) is 5.07. The fourth-order valence-corrected chi connectivity index (χ4v) is 2.84. The van der Waals surface area contributed by atoms with Gasteiger partial charge in [-0.2, -0.15) is 0 Å². The standard InChI is InChI=1S/C15H23FN2/c1-3-13-6-4-5-9-18(13)15-8-7-12(11-17-2)10-14(15)16/h7-8,10,13,17H,3-6,9,11H2,1-2H3. The molecule has 0 saturated carbocycles. The lowest BCUT2D eigenvalue weighted by atomic mass is 9.99. The maximum absolute atomic E-state index is 14.2. The number of piperidine rings is 1. The Morgan fingerprint density at radius 3 is 2.89 bits per heavy atom. The molecule has 1 N–H and O–H groups in total. The molecule has 2 rings (SSSR count). The smallest absolute Gasteiger partial charge is 0.146 e. The highest BCUT2D eigenvalue weighted by Crippen LogP contribution is 2.29. The van der Waals surface area contributed by atoms with E-state index >= 15 is 0 Å². The zero-order chi connectivity index (χ0) is 13.0. The lowest BCUT2D eigenvalue weighted by molar-refractivity contribution is 0.443. The van der Waals surface area contributed by atoms with Crippen LogP contribution in [0.15, 0.2) is 18.2 Å². The SMILES string of the molecule is CCC1CCCCN1c1ccc(CNC)cc1F. The molecule has 0 spiro atoms. The third-order valence-corrected chi connectivity index (χ3v) is 3.80. The van der Waals surface area contributed by atoms with E-state index in [4.69, 9.17) is 0 Å². The van der Waals surface area contributed by atoms with Gasteiger partial charge in [0.15, 0.2) is 0 Å². The van der Waals surface area contributed by atoms with E-state index in [-0.39, 0.29) is 5.82 Å². The van der Waals surface area contributed by atoms with Crippen LogP contribution in [-0.4, -0.2) is 19.6 Å². The first kappa shape index (κ1) is 13.3. The monoisotopic (exact) mass is 250 g/mol. The highest BCUT2D eigenvalue weighted by atomic mass is 19.1. The third kappa shape index (κ3) is 2.83. The Morgan fingerprint density at radius 1 is 1.39 bits per heavy atom. The van der Waals surface area contributed by atoms with Crippen LogP contribution in [0.25, 0.3) is 0 Å². The molecule has 1 aromatic rings. The van der Waals surface area contributed by atoms with Crippen LogP contribution in [0.5, 0.6) is 0 Å². The summed E-state index contributed by atoms with van der Waals surface area (Å²) in [5, 5.41) is 3.05. The minimum Gasteiger partial charge on any atom is -0.366 e. The molecule has 100 valence electrons. The molecule has 0 bridgehead atoms. The fourth-order valence-electron chi connectivity index (χ4n) is 2.84. The first-order valence-corrected chi connectivity index (χ1v) is 6.96. The van der Waals surface area contributed by atoms with Crippen LogP contribution in [0.2, 0.25) is 0 Å². The van der Waals surface area contributed by atoms with Gasteiger partial charge in [-0.25, -0.2) is 4.39 Å². The average molecular weight is 250 g/mol. The fraction of sp³-hybridized carbons (Fsp3) is 0.600. The van der Waals surface area contributed by atoms with Gasteiger partial charge in [-0.15, -0.1) is 0 Å². The average Bonchev–Trinajstić information content (AvgIpc) is 2.39. The summed E-state index contributed by atoms with van der Waals surface area (Å²) in [4.78, 5) is 2.25. The molecule has 1 saturated heterocycles. The van der Waals surface area contributed by atoms with E-state index in [1.54, 1.807) is 6.07 Å². The molecule has 0 amide bonds. The van der Waals surface area contributed by atoms with Crippen molar-refractivity contribution in [2.24, 2.45) is 0 Å². The van der Waals surface area contributed by atoms with E-state index in [2.05, 4.69) is 17.1 Å². The van der Waals surface area contributed by atoms with Crippen LogP contribution < -0.4 is 10.2 Å². The van der Waals surface area contributed by atoms with E-state index in [0.29, 0.717) is 12.6 Å². The number of nitrogens with zero attached hydrogens (tertiary/aromatic N) is 1. The molecule has 0 aromatic heterocycles. The molecule has 18 heavy (non-hydrogen) atoms. The van der Waals surface area contributed by atoms with Crippen molar-refractivity contribution < 1.29 is 4.39 Å². The minimum absolute atomic E-state index is 0.0805. The van der Waals surface area contributed by atoms with Gasteiger partial charge < -0.3 is 10.2 Å². The zero-order valence-corrected chi connectivity index (χ0v) is 11.4. The molecule has 3 heteroatoms. The summed E-state index contributed by atoms with van der Waals surface area (Å²) >= 11 is 0. The summed E-state index contributed by atoms with van der Waals surface area (Å²) in [5.41, 5.74) is 1.78. The van der Waals surface area contributed by atoms with Gasteiger partial charge in [0.05, 0.1) is 5.69 Å². The van der Waals surface area contributed by atoms with Crippen LogP contribution in [-0.2, 0) is 6.54 Å². The molecule has 1 atom stereocenters. The number of benzene rings is 1. The van der Waals surface area contributed by atoms with E-state index < -0.39 is 0 Å². The van der Waals surface area contributed by atoms with E-state index in [1.165, 1.54) is 19.3 Å². The molecule has 1 aliphatic heterocycles. The highest BCUT2D eigenvalue weighted by molar-refractivity contribution is 5.50. The largest absolute Gasteiger partial charge is 0.366 e. The molecule has 1 unspecified atom stereocenters. The maximum atomic E-state index is 14.2. The molecule has 1 aliphatic rings. The van der Waals surface area contributed by atoms with Crippen molar-refractivity contribution in [2.75, 3.05) is 18.5 Å². The van der Waals surface area contributed by atoms with Gasteiger partial charge in [-0.3, -0.25) is 0 Å². The van der Waals surface area contributed by atoms with Crippen molar-refractivity contribution in [3.05, 3.63) is 29.6 Å². The van der Waals surface area contributed by atoms with Crippen molar-refractivity contribution >= 4 is 5.69 Å². The molecule has 1 fully saturated rings. The molecular weight excluding hydrogens is 227 g/mol. The van der Waals surface area contributed by atoms with Gasteiger partial charge in [0.1, 0.15) is 5.82 Å². The predicted octanol–water partition coefficient (Wildman–Crippen LogP) is 3.31. The second kappa shape index (κ2) is 6.19. The highest BCUT2D eigenvalue weighted by Gasteiger charge is 2.23. The van der Waals surface area contributed by atoms with E-state index in [9.17, 15) is 4.39 Å². The van der Waals surface area contributed by atoms with Gasteiger partial charge in [-0.05, 0) is 50.4 Å². The zero-order valence-electron chi connectivity index (χ0n) is 11.4. The lowest BCUT2D eigenvalue weighted by Crippen LogP contribution is -2.39. The molecule has 1 heterocycles. The first-order valence-electron chi connectivity index (χ1n) is 6.96. The summed E-state index contributed by atoms with van der Waals surface area (Å²) in [6, 6.07) is 6.13. The Morgan fingerprint density at radius 2 is 2.22 bits per heavy atom. The Kier molecular flexibility index (Phi) is 4.59. The molecule has 2 nitrogen and oxygen atoms in total. The van der Waals surface area contributed by atoms with Gasteiger partial charge in [0, 0.05) is 19.1 Å². The molecule has 0 aliphatic carbocycles. The Labute approximate surface area is 109 Å². The van der Waals surface area contributed by atoms with Crippen LogP contribution in [0.4, 0.5) is 10.1 Å². The van der Waals surface area contributed by atoms with Crippen LogP contribution >= 0.6 is 0 Å². The summed E-state index contributed by atoms with van der Waals surface area (Å²) in [5.74, 6) is -0.0805. The summed E-state index contributed by atoms with van der Waals surface area (Å²) < 4.78 is 14.2. The van der Waals surface area contributed by atoms with Crippen molar-refractivity contribution in [1.29, 1.82) is 0 Å². The quantitative estimate of drug-likeness (QED) is 0.882. The second-order valence-electron chi connectivity index (χ2n) is 5.07. The molecule has 1 aromatic carbocycles. The lowest BCUT2D eigenvalue weighted by Gasteiger charge is -2.37. The Hall–Kier alpha value is -1.09. The third-order valence-electron chi connectivity index (χ3n) is 3.80. The molecular formula is C15H23FN2. The summed E-state index contributed by atoms with van der Waals surface area (Å²) in [6.07, 6.45) is 4.73. The van der Waals surface area contributed by atoms with Gasteiger partial charge in [0.2, 0.25) is 0 Å². The number of hydrogen-bond acceptors (Lipinski definition) is 2. The number of hydrogen-bond donors (Lipinski definition) is 1. The Balaban J connectivity index is 2.21.